The van der Waals surface area contributed by atoms with E-state index in [1.165, 1.54) is 25.1 Å². The van der Waals surface area contributed by atoms with Crippen molar-refractivity contribution in [3.8, 4) is 0 Å². The fourth-order valence-corrected chi connectivity index (χ4v) is 3.29. The zero-order chi connectivity index (χ0) is 14.9. The standard InChI is InChI=1S/C13H10BrF2NO2S/c1-8-2-4-10(15)7-13(8)20(18,19)17-12-5-3-9(14)6-11(12)16/h2-7,17H,1H3. The lowest BCUT2D eigenvalue weighted by Gasteiger charge is -2.11. The van der Waals surface area contributed by atoms with Crippen LogP contribution in [0, 0.1) is 18.6 Å². The molecule has 2 rings (SSSR count). The number of hydrogen-bond donors (Lipinski definition) is 1. The van der Waals surface area contributed by atoms with E-state index in [9.17, 15) is 17.2 Å². The Morgan fingerprint density at radius 3 is 2.45 bits per heavy atom. The maximum Gasteiger partial charge on any atom is 0.262 e. The largest absolute Gasteiger partial charge is 0.277 e. The van der Waals surface area contributed by atoms with E-state index in [-0.39, 0.29) is 10.6 Å². The molecule has 0 unspecified atom stereocenters. The molecule has 1 N–H and O–H groups in total. The zero-order valence-corrected chi connectivity index (χ0v) is 12.7. The van der Waals surface area contributed by atoms with Crippen LogP contribution in [0.15, 0.2) is 45.8 Å². The predicted molar refractivity (Wildman–Crippen MR) is 76.0 cm³/mol. The lowest BCUT2D eigenvalue weighted by Crippen LogP contribution is -2.15. The molecule has 0 aliphatic heterocycles. The van der Waals surface area contributed by atoms with Crippen LogP contribution in [-0.2, 0) is 10.0 Å². The Labute approximate surface area is 123 Å². The molecule has 0 aliphatic carbocycles. The molecule has 0 heterocycles. The molecule has 0 bridgehead atoms. The quantitative estimate of drug-likeness (QED) is 0.902. The van der Waals surface area contributed by atoms with E-state index < -0.39 is 21.7 Å². The van der Waals surface area contributed by atoms with Gasteiger partial charge in [0.05, 0.1) is 10.6 Å². The molecule has 0 aromatic heterocycles. The van der Waals surface area contributed by atoms with E-state index in [4.69, 9.17) is 0 Å². The van der Waals surface area contributed by atoms with Gasteiger partial charge in [-0.1, -0.05) is 22.0 Å². The van der Waals surface area contributed by atoms with E-state index in [0.29, 0.717) is 10.0 Å². The zero-order valence-electron chi connectivity index (χ0n) is 10.3. The minimum absolute atomic E-state index is 0.197. The number of hydrogen-bond acceptors (Lipinski definition) is 2. The summed E-state index contributed by atoms with van der Waals surface area (Å²) in [5, 5.41) is 0. The molecule has 0 saturated carbocycles. The van der Waals surface area contributed by atoms with Crippen LogP contribution in [0.25, 0.3) is 0 Å². The first kappa shape index (κ1) is 14.9. The second-order valence-electron chi connectivity index (χ2n) is 4.14. The summed E-state index contributed by atoms with van der Waals surface area (Å²) in [5.41, 5.74) is 0.174. The minimum Gasteiger partial charge on any atom is -0.277 e. The molecule has 0 radical (unpaired) electrons. The molecule has 0 aliphatic rings. The van der Waals surface area contributed by atoms with E-state index in [1.54, 1.807) is 0 Å². The van der Waals surface area contributed by atoms with Crippen molar-refractivity contribution in [2.45, 2.75) is 11.8 Å². The first-order valence-corrected chi connectivity index (χ1v) is 7.81. The van der Waals surface area contributed by atoms with E-state index in [0.717, 1.165) is 18.2 Å². The summed E-state index contributed by atoms with van der Waals surface area (Å²) in [7, 11) is -4.05. The average molecular weight is 362 g/mol. The summed E-state index contributed by atoms with van der Waals surface area (Å²) in [4.78, 5) is -0.222. The molecule has 2 aromatic carbocycles. The lowest BCUT2D eigenvalue weighted by molar-refractivity contribution is 0.592. The van der Waals surface area contributed by atoms with Crippen molar-refractivity contribution < 1.29 is 17.2 Å². The molecule has 0 amide bonds. The summed E-state index contributed by atoms with van der Waals surface area (Å²) in [5.74, 6) is -1.40. The van der Waals surface area contributed by atoms with Crippen LogP contribution in [0.2, 0.25) is 0 Å². The molecule has 0 spiro atoms. The molecule has 0 atom stereocenters. The van der Waals surface area contributed by atoms with Gasteiger partial charge in [0.15, 0.2) is 0 Å². The third-order valence-electron chi connectivity index (χ3n) is 2.62. The van der Waals surface area contributed by atoms with E-state index in [1.807, 2.05) is 0 Å². The Balaban J connectivity index is 2.43. The molecular formula is C13H10BrF2NO2S. The Morgan fingerprint density at radius 1 is 1.10 bits per heavy atom. The first-order chi connectivity index (χ1) is 9.29. The monoisotopic (exact) mass is 361 g/mol. The Morgan fingerprint density at radius 2 is 1.80 bits per heavy atom. The summed E-state index contributed by atoms with van der Waals surface area (Å²) in [6.07, 6.45) is 0. The highest BCUT2D eigenvalue weighted by Gasteiger charge is 2.19. The fraction of sp³-hybridized carbons (Fsp3) is 0.0769. The highest BCUT2D eigenvalue weighted by atomic mass is 79.9. The van der Waals surface area contributed by atoms with Crippen molar-refractivity contribution in [3.63, 3.8) is 0 Å². The van der Waals surface area contributed by atoms with Gasteiger partial charge >= 0.3 is 0 Å². The number of sulfonamides is 1. The van der Waals surface area contributed by atoms with E-state index in [2.05, 4.69) is 20.7 Å². The molecule has 0 fully saturated rings. The maximum absolute atomic E-state index is 13.6. The molecule has 20 heavy (non-hydrogen) atoms. The van der Waals surface area contributed by atoms with Crippen LogP contribution in [0.1, 0.15) is 5.56 Å². The molecule has 2 aromatic rings. The van der Waals surface area contributed by atoms with Gasteiger partial charge in [-0.15, -0.1) is 0 Å². The summed E-state index contributed by atoms with van der Waals surface area (Å²) >= 11 is 3.08. The lowest BCUT2D eigenvalue weighted by atomic mass is 10.2. The van der Waals surface area contributed by atoms with Crippen molar-refractivity contribution in [1.82, 2.24) is 0 Å². The van der Waals surface area contributed by atoms with Crippen molar-refractivity contribution in [3.05, 3.63) is 58.1 Å². The third-order valence-corrected chi connectivity index (χ3v) is 4.62. The van der Waals surface area contributed by atoms with Crippen molar-refractivity contribution in [2.24, 2.45) is 0 Å². The van der Waals surface area contributed by atoms with Crippen LogP contribution in [0.3, 0.4) is 0 Å². The second-order valence-corrected chi connectivity index (χ2v) is 6.71. The molecule has 7 heteroatoms. The molecule has 3 nitrogen and oxygen atoms in total. The number of aryl methyl sites for hydroxylation is 1. The van der Waals surface area contributed by atoms with Gasteiger partial charge in [-0.05, 0) is 42.8 Å². The topological polar surface area (TPSA) is 46.2 Å². The van der Waals surface area contributed by atoms with E-state index >= 15 is 0 Å². The summed E-state index contributed by atoms with van der Waals surface area (Å²) in [6, 6.07) is 7.33. The molecule has 0 saturated heterocycles. The summed E-state index contributed by atoms with van der Waals surface area (Å²) in [6.45, 7) is 1.53. The van der Waals surface area contributed by atoms with Gasteiger partial charge in [0.25, 0.3) is 10.0 Å². The highest BCUT2D eigenvalue weighted by molar-refractivity contribution is 9.10. The average Bonchev–Trinajstić information content (AvgIpc) is 2.35. The third kappa shape index (κ3) is 3.16. The molecular weight excluding hydrogens is 352 g/mol. The normalized spacial score (nSPS) is 11.4. The van der Waals surface area contributed by atoms with Crippen LogP contribution in [0.4, 0.5) is 14.5 Å². The fourth-order valence-electron chi connectivity index (χ4n) is 1.64. The van der Waals surface area contributed by atoms with Crippen LogP contribution in [-0.4, -0.2) is 8.42 Å². The number of benzene rings is 2. The second kappa shape index (κ2) is 5.49. The van der Waals surface area contributed by atoms with Crippen molar-refractivity contribution >= 4 is 31.6 Å². The van der Waals surface area contributed by atoms with Gasteiger partial charge in [-0.3, -0.25) is 4.72 Å². The Bertz CT molecular complexity index is 763. The van der Waals surface area contributed by atoms with Crippen molar-refractivity contribution in [2.75, 3.05) is 4.72 Å². The summed E-state index contributed by atoms with van der Waals surface area (Å²) < 4.78 is 53.7. The highest BCUT2D eigenvalue weighted by Crippen LogP contribution is 2.24. The molecule has 106 valence electrons. The Kier molecular flexibility index (Phi) is 4.10. The van der Waals surface area contributed by atoms with Gasteiger partial charge in [0.2, 0.25) is 0 Å². The minimum atomic E-state index is -4.05. The van der Waals surface area contributed by atoms with Gasteiger partial charge in [-0.25, -0.2) is 17.2 Å². The van der Waals surface area contributed by atoms with Gasteiger partial charge in [0.1, 0.15) is 11.6 Å². The first-order valence-electron chi connectivity index (χ1n) is 5.53. The number of anilines is 1. The predicted octanol–water partition coefficient (Wildman–Crippen LogP) is 3.84. The number of nitrogens with one attached hydrogen (secondary N) is 1. The number of halogens is 3. The van der Waals surface area contributed by atoms with Crippen molar-refractivity contribution in [1.29, 1.82) is 0 Å². The number of rotatable bonds is 3. The smallest absolute Gasteiger partial charge is 0.262 e. The Hall–Kier alpha value is -1.47. The van der Waals surface area contributed by atoms with Crippen LogP contribution < -0.4 is 4.72 Å². The van der Waals surface area contributed by atoms with Gasteiger partial charge in [-0.2, -0.15) is 0 Å². The SMILES string of the molecule is Cc1ccc(F)cc1S(=O)(=O)Nc1ccc(Br)cc1F. The van der Waals surface area contributed by atoms with Gasteiger partial charge in [0, 0.05) is 4.47 Å². The maximum atomic E-state index is 13.6. The van der Waals surface area contributed by atoms with Crippen LogP contribution >= 0.6 is 15.9 Å². The van der Waals surface area contributed by atoms with Crippen LogP contribution in [0.5, 0.6) is 0 Å². The van der Waals surface area contributed by atoms with Gasteiger partial charge < -0.3 is 0 Å².